The third-order valence-corrected chi connectivity index (χ3v) is 4.80. The molecule has 0 atom stereocenters. The number of hydrogen-bond acceptors (Lipinski definition) is 6. The van der Waals surface area contributed by atoms with E-state index >= 15 is 0 Å². The number of carbonyl (C=O) groups excluding carboxylic acids is 1. The van der Waals surface area contributed by atoms with Gasteiger partial charge in [-0.15, -0.1) is 10.2 Å². The molecule has 0 unspecified atom stereocenters. The number of amides is 1. The lowest BCUT2D eigenvalue weighted by molar-refractivity contribution is -0.118. The minimum Gasteiger partial charge on any atom is -0.497 e. The maximum atomic E-state index is 12.1. The van der Waals surface area contributed by atoms with Crippen LogP contribution in [0.4, 0.5) is 0 Å². The largest absolute Gasteiger partial charge is 0.497 e. The summed E-state index contributed by atoms with van der Waals surface area (Å²) in [5.41, 5.74) is 0.909. The van der Waals surface area contributed by atoms with Gasteiger partial charge in [-0.3, -0.25) is 9.36 Å². The van der Waals surface area contributed by atoms with E-state index in [4.69, 9.17) is 9.47 Å². The Kier molecular flexibility index (Phi) is 7.31. The second-order valence-corrected chi connectivity index (χ2v) is 6.78. The number of aromatic nitrogens is 3. The molecule has 0 saturated heterocycles. The average molecular weight is 398 g/mol. The summed E-state index contributed by atoms with van der Waals surface area (Å²) in [5.74, 6) is 1.84. The summed E-state index contributed by atoms with van der Waals surface area (Å²) in [6, 6.07) is 17.2. The van der Waals surface area contributed by atoms with Crippen molar-refractivity contribution in [2.24, 2.45) is 0 Å². The Morgan fingerprint density at radius 1 is 1.11 bits per heavy atom. The first-order valence-electron chi connectivity index (χ1n) is 8.88. The van der Waals surface area contributed by atoms with Crippen molar-refractivity contribution in [3.05, 3.63) is 60.9 Å². The highest BCUT2D eigenvalue weighted by Gasteiger charge is 2.10. The van der Waals surface area contributed by atoms with E-state index in [0.29, 0.717) is 18.3 Å². The summed E-state index contributed by atoms with van der Waals surface area (Å²) in [7, 11) is 1.63. The van der Waals surface area contributed by atoms with Crippen molar-refractivity contribution in [2.75, 3.05) is 26.0 Å². The number of rotatable bonds is 10. The molecule has 0 aliphatic heterocycles. The number of methoxy groups -OCH3 is 1. The van der Waals surface area contributed by atoms with Crippen molar-refractivity contribution in [2.45, 2.75) is 11.6 Å². The van der Waals surface area contributed by atoms with E-state index in [9.17, 15) is 4.79 Å². The van der Waals surface area contributed by atoms with Crippen LogP contribution in [0.25, 0.3) is 5.69 Å². The van der Waals surface area contributed by atoms with Gasteiger partial charge < -0.3 is 14.8 Å². The van der Waals surface area contributed by atoms with Gasteiger partial charge in [-0.1, -0.05) is 30.0 Å². The van der Waals surface area contributed by atoms with E-state index in [0.717, 1.165) is 23.6 Å². The van der Waals surface area contributed by atoms with Gasteiger partial charge in [-0.2, -0.15) is 0 Å². The molecule has 8 heteroatoms. The topological polar surface area (TPSA) is 78.3 Å². The van der Waals surface area contributed by atoms with Crippen molar-refractivity contribution in [1.29, 1.82) is 0 Å². The Balaban J connectivity index is 1.39. The van der Waals surface area contributed by atoms with Crippen LogP contribution in [-0.2, 0) is 4.79 Å². The van der Waals surface area contributed by atoms with Gasteiger partial charge >= 0.3 is 0 Å². The van der Waals surface area contributed by atoms with Crippen molar-refractivity contribution in [1.82, 2.24) is 20.1 Å². The summed E-state index contributed by atoms with van der Waals surface area (Å²) >= 11 is 1.34. The predicted molar refractivity (Wildman–Crippen MR) is 108 cm³/mol. The van der Waals surface area contributed by atoms with Crippen LogP contribution in [0.2, 0.25) is 0 Å². The van der Waals surface area contributed by atoms with Gasteiger partial charge in [-0.25, -0.2) is 0 Å². The molecule has 0 fully saturated rings. The molecule has 2 aromatic carbocycles. The first-order valence-corrected chi connectivity index (χ1v) is 9.86. The molecule has 146 valence electrons. The summed E-state index contributed by atoms with van der Waals surface area (Å²) in [6.45, 7) is 1.13. The summed E-state index contributed by atoms with van der Waals surface area (Å²) in [6.07, 6.45) is 2.37. The molecule has 1 aromatic heterocycles. The lowest BCUT2D eigenvalue weighted by Crippen LogP contribution is -2.27. The van der Waals surface area contributed by atoms with E-state index < -0.39 is 0 Å². The molecular formula is C20H22N4O3S. The van der Waals surface area contributed by atoms with E-state index in [1.807, 2.05) is 59.2 Å². The van der Waals surface area contributed by atoms with Crippen LogP contribution in [-0.4, -0.2) is 46.7 Å². The van der Waals surface area contributed by atoms with Gasteiger partial charge in [-0.05, 0) is 42.8 Å². The van der Waals surface area contributed by atoms with Crippen LogP contribution in [0, 0.1) is 0 Å². The van der Waals surface area contributed by atoms with Crippen LogP contribution in [0.15, 0.2) is 66.1 Å². The lowest BCUT2D eigenvalue weighted by atomic mass is 10.3. The van der Waals surface area contributed by atoms with Crippen molar-refractivity contribution in [3.8, 4) is 17.2 Å². The normalized spacial score (nSPS) is 10.5. The number of ether oxygens (including phenoxy) is 2. The monoisotopic (exact) mass is 398 g/mol. The van der Waals surface area contributed by atoms with E-state index in [1.54, 1.807) is 13.4 Å². The molecular weight excluding hydrogens is 376 g/mol. The van der Waals surface area contributed by atoms with Crippen LogP contribution < -0.4 is 14.8 Å². The minimum atomic E-state index is -0.0472. The Morgan fingerprint density at radius 3 is 2.64 bits per heavy atom. The zero-order valence-electron chi connectivity index (χ0n) is 15.6. The van der Waals surface area contributed by atoms with Gasteiger partial charge in [0.1, 0.15) is 17.8 Å². The Labute approximate surface area is 168 Å². The number of nitrogens with zero attached hydrogens (tertiary/aromatic N) is 3. The van der Waals surface area contributed by atoms with Crippen LogP contribution in [0.1, 0.15) is 6.42 Å². The first-order chi connectivity index (χ1) is 13.8. The number of nitrogens with one attached hydrogen (secondary N) is 1. The minimum absolute atomic E-state index is 0.0472. The van der Waals surface area contributed by atoms with Gasteiger partial charge in [0, 0.05) is 12.2 Å². The van der Waals surface area contributed by atoms with E-state index in [-0.39, 0.29) is 11.7 Å². The fraction of sp³-hybridized carbons (Fsp3) is 0.250. The van der Waals surface area contributed by atoms with Crippen molar-refractivity contribution >= 4 is 17.7 Å². The molecule has 3 rings (SSSR count). The summed E-state index contributed by atoms with van der Waals surface area (Å²) in [4.78, 5) is 12.1. The highest BCUT2D eigenvalue weighted by molar-refractivity contribution is 7.99. The Hall–Kier alpha value is -3.00. The second kappa shape index (κ2) is 10.4. The Morgan fingerprint density at radius 2 is 1.89 bits per heavy atom. The molecule has 1 heterocycles. The Bertz CT molecular complexity index is 869. The average Bonchev–Trinajstić information content (AvgIpc) is 3.21. The number of carbonyl (C=O) groups is 1. The van der Waals surface area contributed by atoms with Gasteiger partial charge in [0.15, 0.2) is 5.16 Å². The third-order valence-electron chi connectivity index (χ3n) is 3.85. The maximum absolute atomic E-state index is 12.1. The zero-order chi connectivity index (χ0) is 19.6. The molecule has 7 nitrogen and oxygen atoms in total. The predicted octanol–water partition coefficient (Wildman–Crippen LogP) is 2.95. The van der Waals surface area contributed by atoms with E-state index in [2.05, 4.69) is 15.5 Å². The number of benzene rings is 2. The molecule has 0 bridgehead atoms. The zero-order valence-corrected chi connectivity index (χ0v) is 16.4. The maximum Gasteiger partial charge on any atom is 0.230 e. The fourth-order valence-electron chi connectivity index (χ4n) is 2.43. The molecule has 1 N–H and O–H groups in total. The molecule has 3 aromatic rings. The molecule has 1 amide bonds. The molecule has 0 aliphatic rings. The van der Waals surface area contributed by atoms with Gasteiger partial charge in [0.05, 0.1) is 19.5 Å². The second-order valence-electron chi connectivity index (χ2n) is 5.84. The summed E-state index contributed by atoms with van der Waals surface area (Å²) < 4.78 is 12.6. The first kappa shape index (κ1) is 19.8. The van der Waals surface area contributed by atoms with Gasteiger partial charge in [0.25, 0.3) is 0 Å². The smallest absolute Gasteiger partial charge is 0.230 e. The molecule has 0 saturated carbocycles. The SMILES string of the molecule is COc1ccc(-n2cnnc2SCC(=O)NCCCOc2ccccc2)cc1. The van der Waals surface area contributed by atoms with Crippen molar-refractivity contribution < 1.29 is 14.3 Å². The van der Waals surface area contributed by atoms with Crippen LogP contribution in [0.5, 0.6) is 11.5 Å². The quantitative estimate of drug-likeness (QED) is 0.418. The number of para-hydroxylation sites is 1. The fourth-order valence-corrected chi connectivity index (χ4v) is 3.19. The standard InChI is InChI=1S/C20H22N4O3S/c1-26-17-10-8-16(9-11-17)24-15-22-23-20(24)28-14-19(25)21-12-5-13-27-18-6-3-2-4-7-18/h2-4,6-11,15H,5,12-14H2,1H3,(H,21,25). The van der Waals surface area contributed by atoms with E-state index in [1.165, 1.54) is 11.8 Å². The highest BCUT2D eigenvalue weighted by Crippen LogP contribution is 2.21. The lowest BCUT2D eigenvalue weighted by Gasteiger charge is -2.08. The van der Waals surface area contributed by atoms with Crippen LogP contribution >= 0.6 is 11.8 Å². The third kappa shape index (κ3) is 5.75. The highest BCUT2D eigenvalue weighted by atomic mass is 32.2. The van der Waals surface area contributed by atoms with Crippen LogP contribution in [0.3, 0.4) is 0 Å². The summed E-state index contributed by atoms with van der Waals surface area (Å²) in [5, 5.41) is 11.6. The molecule has 0 radical (unpaired) electrons. The molecule has 0 spiro atoms. The number of hydrogen-bond donors (Lipinski definition) is 1. The molecule has 28 heavy (non-hydrogen) atoms. The van der Waals surface area contributed by atoms with Gasteiger partial charge in [0.2, 0.25) is 5.91 Å². The van der Waals surface area contributed by atoms with Crippen molar-refractivity contribution in [3.63, 3.8) is 0 Å². The molecule has 0 aliphatic carbocycles. The number of thioether (sulfide) groups is 1.